The van der Waals surface area contributed by atoms with Crippen molar-refractivity contribution < 1.29 is 15.3 Å². The maximum atomic E-state index is 9.46. The summed E-state index contributed by atoms with van der Waals surface area (Å²) in [5.41, 5.74) is -1.40. The molecule has 0 heterocycles. The van der Waals surface area contributed by atoms with E-state index >= 15 is 0 Å². The molecule has 11 heavy (non-hydrogen) atoms. The van der Waals surface area contributed by atoms with Gasteiger partial charge in [-0.15, -0.1) is 0 Å². The normalized spacial score (nSPS) is 13.6. The van der Waals surface area contributed by atoms with Crippen LogP contribution in [0, 0.1) is 5.41 Å². The summed E-state index contributed by atoms with van der Waals surface area (Å²) in [5, 5.41) is 26.9. The van der Waals surface area contributed by atoms with E-state index in [4.69, 9.17) is 10.2 Å². The number of hydrogen-bond acceptors (Lipinski definition) is 3. The molecule has 3 N–H and O–H groups in total. The van der Waals surface area contributed by atoms with Crippen molar-refractivity contribution in [1.29, 1.82) is 0 Å². The predicted molar refractivity (Wildman–Crippen MR) is 43.2 cm³/mol. The minimum absolute atomic E-state index is 0.0831. The topological polar surface area (TPSA) is 60.7 Å². The van der Waals surface area contributed by atoms with E-state index in [0.717, 1.165) is 0 Å². The Hall–Kier alpha value is -0.120. The molecule has 0 aromatic heterocycles. The van der Waals surface area contributed by atoms with Crippen molar-refractivity contribution in [2.75, 3.05) is 13.2 Å². The number of aliphatic hydroxyl groups is 3. The van der Waals surface area contributed by atoms with Gasteiger partial charge in [0.05, 0.1) is 13.2 Å². The van der Waals surface area contributed by atoms with E-state index in [9.17, 15) is 5.11 Å². The van der Waals surface area contributed by atoms with Crippen LogP contribution < -0.4 is 0 Å². The first-order valence-corrected chi connectivity index (χ1v) is 3.77. The van der Waals surface area contributed by atoms with Crippen LogP contribution in [0.1, 0.15) is 27.2 Å². The summed E-state index contributed by atoms with van der Waals surface area (Å²) in [6.45, 7) is 5.07. The van der Waals surface area contributed by atoms with Crippen molar-refractivity contribution in [3.8, 4) is 0 Å². The van der Waals surface area contributed by atoms with Crippen molar-refractivity contribution in [2.24, 2.45) is 5.41 Å². The third-order valence-electron chi connectivity index (χ3n) is 1.45. The molecule has 0 aromatic rings. The fourth-order valence-electron chi connectivity index (χ4n) is 1.15. The summed E-state index contributed by atoms with van der Waals surface area (Å²) in [6, 6.07) is 0. The van der Waals surface area contributed by atoms with Gasteiger partial charge < -0.3 is 15.3 Å². The van der Waals surface area contributed by atoms with E-state index in [2.05, 4.69) is 0 Å². The Morgan fingerprint density at radius 3 is 1.45 bits per heavy atom. The zero-order valence-corrected chi connectivity index (χ0v) is 7.46. The Morgan fingerprint density at radius 1 is 1.00 bits per heavy atom. The summed E-state index contributed by atoms with van der Waals surface area (Å²) in [4.78, 5) is 0. The van der Waals surface area contributed by atoms with Crippen LogP contribution in [0.15, 0.2) is 0 Å². The third kappa shape index (κ3) is 4.35. The molecule has 0 atom stereocenters. The molecule has 0 fully saturated rings. The van der Waals surface area contributed by atoms with Crippen LogP contribution in [-0.2, 0) is 0 Å². The highest BCUT2D eigenvalue weighted by Gasteiger charge is 2.30. The molecule has 0 bridgehead atoms. The molecule has 0 spiro atoms. The number of hydrogen-bond donors (Lipinski definition) is 3. The molecule has 0 rings (SSSR count). The standard InChI is InChI=1S/C8H18O3/c1-7(2,3)4-8(11,5-9)6-10/h9-11H,4-6H2,1-3H3. The lowest BCUT2D eigenvalue weighted by atomic mass is 9.82. The van der Waals surface area contributed by atoms with Crippen LogP contribution in [0.25, 0.3) is 0 Å². The SMILES string of the molecule is CC(C)(C)CC(O)(CO)CO. The van der Waals surface area contributed by atoms with Gasteiger partial charge in [-0.3, -0.25) is 0 Å². The molecule has 68 valence electrons. The lowest BCUT2D eigenvalue weighted by molar-refractivity contribution is -0.0782. The van der Waals surface area contributed by atoms with Crippen molar-refractivity contribution >= 4 is 0 Å². The quantitative estimate of drug-likeness (QED) is 0.553. The molecule has 3 nitrogen and oxygen atoms in total. The van der Waals surface area contributed by atoms with Crippen LogP contribution in [0.4, 0.5) is 0 Å². The van der Waals surface area contributed by atoms with E-state index in [1.165, 1.54) is 0 Å². The average molecular weight is 162 g/mol. The lowest BCUT2D eigenvalue weighted by Crippen LogP contribution is -2.41. The van der Waals surface area contributed by atoms with E-state index < -0.39 is 5.60 Å². The Morgan fingerprint density at radius 2 is 1.36 bits per heavy atom. The van der Waals surface area contributed by atoms with Crippen LogP contribution in [0.5, 0.6) is 0 Å². The second-order valence-electron chi connectivity index (χ2n) is 4.28. The Labute approximate surface area is 67.7 Å². The maximum absolute atomic E-state index is 9.46. The Balaban J connectivity index is 4.08. The average Bonchev–Trinajstić information content (AvgIpc) is 1.84. The summed E-state index contributed by atoms with van der Waals surface area (Å²) in [7, 11) is 0. The highest BCUT2D eigenvalue weighted by molar-refractivity contribution is 4.82. The van der Waals surface area contributed by atoms with Crippen LogP contribution in [0.3, 0.4) is 0 Å². The second kappa shape index (κ2) is 3.52. The summed E-state index contributed by atoms with van der Waals surface area (Å²) >= 11 is 0. The van der Waals surface area contributed by atoms with Gasteiger partial charge in [0.2, 0.25) is 0 Å². The van der Waals surface area contributed by atoms with E-state index in [0.29, 0.717) is 6.42 Å². The van der Waals surface area contributed by atoms with Gasteiger partial charge >= 0.3 is 0 Å². The molecule has 0 amide bonds. The van der Waals surface area contributed by atoms with Crippen LogP contribution in [0.2, 0.25) is 0 Å². The first-order valence-electron chi connectivity index (χ1n) is 3.77. The van der Waals surface area contributed by atoms with Crippen LogP contribution in [-0.4, -0.2) is 34.1 Å². The zero-order valence-electron chi connectivity index (χ0n) is 7.46. The van der Waals surface area contributed by atoms with E-state index in [1.807, 2.05) is 20.8 Å². The molecule has 0 aliphatic carbocycles. The molecule has 0 radical (unpaired) electrons. The summed E-state index contributed by atoms with van der Waals surface area (Å²) in [5.74, 6) is 0. The second-order valence-corrected chi connectivity index (χ2v) is 4.28. The van der Waals surface area contributed by atoms with Gasteiger partial charge in [0, 0.05) is 0 Å². The first kappa shape index (κ1) is 10.9. The van der Waals surface area contributed by atoms with Gasteiger partial charge in [0.15, 0.2) is 0 Å². The molecule has 0 aromatic carbocycles. The fraction of sp³-hybridized carbons (Fsp3) is 1.00. The molecule has 0 aliphatic rings. The minimum Gasteiger partial charge on any atom is -0.393 e. The van der Waals surface area contributed by atoms with Gasteiger partial charge in [-0.1, -0.05) is 20.8 Å². The van der Waals surface area contributed by atoms with Gasteiger partial charge in [-0.25, -0.2) is 0 Å². The van der Waals surface area contributed by atoms with Gasteiger partial charge in [-0.2, -0.15) is 0 Å². The van der Waals surface area contributed by atoms with Gasteiger partial charge in [0.25, 0.3) is 0 Å². The molecule has 0 saturated heterocycles. The van der Waals surface area contributed by atoms with Crippen molar-refractivity contribution in [3.63, 3.8) is 0 Å². The largest absolute Gasteiger partial charge is 0.393 e. The minimum atomic E-state index is -1.32. The van der Waals surface area contributed by atoms with Crippen molar-refractivity contribution in [3.05, 3.63) is 0 Å². The summed E-state index contributed by atoms with van der Waals surface area (Å²) in [6.07, 6.45) is 0.396. The number of aliphatic hydroxyl groups excluding tert-OH is 2. The molecular weight excluding hydrogens is 144 g/mol. The molecule has 0 aliphatic heterocycles. The molecule has 0 unspecified atom stereocenters. The third-order valence-corrected chi connectivity index (χ3v) is 1.45. The van der Waals surface area contributed by atoms with Gasteiger partial charge in [-0.05, 0) is 11.8 Å². The highest BCUT2D eigenvalue weighted by atomic mass is 16.4. The van der Waals surface area contributed by atoms with Crippen molar-refractivity contribution in [2.45, 2.75) is 32.8 Å². The highest BCUT2D eigenvalue weighted by Crippen LogP contribution is 2.26. The smallest absolute Gasteiger partial charge is 0.111 e. The summed E-state index contributed by atoms with van der Waals surface area (Å²) < 4.78 is 0. The molecule has 3 heteroatoms. The predicted octanol–water partition coefficient (Wildman–Crippen LogP) is 0.138. The first-order chi connectivity index (χ1) is 4.83. The maximum Gasteiger partial charge on any atom is 0.111 e. The molecular formula is C8H18O3. The van der Waals surface area contributed by atoms with E-state index in [1.54, 1.807) is 0 Å². The Bertz CT molecular complexity index is 111. The monoisotopic (exact) mass is 162 g/mol. The van der Waals surface area contributed by atoms with Crippen molar-refractivity contribution in [1.82, 2.24) is 0 Å². The Kier molecular flexibility index (Phi) is 3.48. The fourth-order valence-corrected chi connectivity index (χ4v) is 1.15. The van der Waals surface area contributed by atoms with E-state index in [-0.39, 0.29) is 18.6 Å². The lowest BCUT2D eigenvalue weighted by Gasteiger charge is -2.30. The van der Waals surface area contributed by atoms with Gasteiger partial charge in [0.1, 0.15) is 5.60 Å². The molecule has 0 saturated carbocycles. The zero-order chi connectivity index (χ0) is 9.12. The van der Waals surface area contributed by atoms with Crippen LogP contribution >= 0.6 is 0 Å². The number of rotatable bonds is 3.